The van der Waals surface area contributed by atoms with Crippen molar-refractivity contribution in [2.75, 3.05) is 18.4 Å². The van der Waals surface area contributed by atoms with Crippen LogP contribution in [0.15, 0.2) is 42.7 Å². The molecule has 1 N–H and O–H groups in total. The number of urea groups is 1. The number of halogens is 2. The largest absolute Gasteiger partial charge is 0.487 e. The number of ether oxygens (including phenoxy) is 1. The van der Waals surface area contributed by atoms with E-state index in [1.807, 2.05) is 0 Å². The second-order valence-electron chi connectivity index (χ2n) is 5.57. The monoisotopic (exact) mass is 349 g/mol. The van der Waals surface area contributed by atoms with E-state index in [4.69, 9.17) is 16.3 Å². The SMILES string of the molecule is O=C(Nc1ccc(F)cc1)N1CCCC(Oc2ccncc2Cl)C1. The topological polar surface area (TPSA) is 54.5 Å². The van der Waals surface area contributed by atoms with Crippen LogP contribution < -0.4 is 10.1 Å². The molecule has 0 radical (unpaired) electrons. The number of benzene rings is 1. The normalized spacial score (nSPS) is 17.4. The summed E-state index contributed by atoms with van der Waals surface area (Å²) in [5.41, 5.74) is 0.557. The third-order valence-electron chi connectivity index (χ3n) is 3.79. The molecule has 7 heteroatoms. The van der Waals surface area contributed by atoms with Crippen LogP contribution in [-0.2, 0) is 0 Å². The first-order valence-electron chi connectivity index (χ1n) is 7.69. The predicted octanol–water partition coefficient (Wildman–Crippen LogP) is 3.95. The molecule has 1 aromatic carbocycles. The van der Waals surface area contributed by atoms with E-state index in [9.17, 15) is 9.18 Å². The summed E-state index contributed by atoms with van der Waals surface area (Å²) in [5.74, 6) is 0.228. The number of hydrogen-bond donors (Lipinski definition) is 1. The van der Waals surface area contributed by atoms with Crippen LogP contribution in [0.4, 0.5) is 14.9 Å². The molecule has 0 saturated carbocycles. The van der Waals surface area contributed by atoms with Crippen molar-refractivity contribution in [2.24, 2.45) is 0 Å². The van der Waals surface area contributed by atoms with Crippen LogP contribution in [0.1, 0.15) is 12.8 Å². The molecule has 2 aromatic rings. The lowest BCUT2D eigenvalue weighted by molar-refractivity contribution is 0.106. The van der Waals surface area contributed by atoms with E-state index in [1.165, 1.54) is 30.5 Å². The Morgan fingerprint density at radius 1 is 1.33 bits per heavy atom. The van der Waals surface area contributed by atoms with Gasteiger partial charge in [0, 0.05) is 30.7 Å². The predicted molar refractivity (Wildman–Crippen MR) is 89.9 cm³/mol. The molecule has 5 nitrogen and oxygen atoms in total. The highest BCUT2D eigenvalue weighted by molar-refractivity contribution is 6.31. The van der Waals surface area contributed by atoms with E-state index in [1.54, 1.807) is 17.2 Å². The van der Waals surface area contributed by atoms with Gasteiger partial charge in [0.05, 0.1) is 6.54 Å². The van der Waals surface area contributed by atoms with Gasteiger partial charge in [-0.15, -0.1) is 0 Å². The summed E-state index contributed by atoms with van der Waals surface area (Å²) in [6, 6.07) is 7.16. The summed E-state index contributed by atoms with van der Waals surface area (Å²) in [6.07, 6.45) is 4.70. The van der Waals surface area contributed by atoms with Crippen LogP contribution in [0.5, 0.6) is 5.75 Å². The van der Waals surface area contributed by atoms with Gasteiger partial charge in [-0.3, -0.25) is 4.98 Å². The average Bonchev–Trinajstić information content (AvgIpc) is 2.59. The fourth-order valence-electron chi connectivity index (χ4n) is 2.59. The highest BCUT2D eigenvalue weighted by Gasteiger charge is 2.25. The first-order valence-corrected chi connectivity index (χ1v) is 8.07. The van der Waals surface area contributed by atoms with Gasteiger partial charge in [0.15, 0.2) is 0 Å². The second kappa shape index (κ2) is 7.49. The lowest BCUT2D eigenvalue weighted by Gasteiger charge is -2.33. The molecule has 1 aromatic heterocycles. The number of carbonyl (C=O) groups is 1. The molecule has 3 rings (SSSR count). The minimum Gasteiger partial charge on any atom is -0.487 e. The van der Waals surface area contributed by atoms with Crippen LogP contribution in [0, 0.1) is 5.82 Å². The smallest absolute Gasteiger partial charge is 0.321 e. The van der Waals surface area contributed by atoms with Gasteiger partial charge < -0.3 is 15.0 Å². The number of nitrogens with one attached hydrogen (secondary N) is 1. The summed E-state index contributed by atoms with van der Waals surface area (Å²) in [5, 5.41) is 3.21. The highest BCUT2D eigenvalue weighted by Crippen LogP contribution is 2.25. The number of hydrogen-bond acceptors (Lipinski definition) is 3. The Kier molecular flexibility index (Phi) is 5.15. The maximum absolute atomic E-state index is 12.9. The van der Waals surface area contributed by atoms with Gasteiger partial charge in [0.1, 0.15) is 22.7 Å². The van der Waals surface area contributed by atoms with Gasteiger partial charge in [0.25, 0.3) is 0 Å². The Balaban J connectivity index is 1.59. The summed E-state index contributed by atoms with van der Waals surface area (Å²) in [6.45, 7) is 1.11. The van der Waals surface area contributed by atoms with Gasteiger partial charge >= 0.3 is 6.03 Å². The summed E-state index contributed by atoms with van der Waals surface area (Å²) in [7, 11) is 0. The number of piperidine rings is 1. The lowest BCUT2D eigenvalue weighted by Crippen LogP contribution is -2.46. The van der Waals surface area contributed by atoms with Gasteiger partial charge in [0.2, 0.25) is 0 Å². The third-order valence-corrected chi connectivity index (χ3v) is 4.07. The first kappa shape index (κ1) is 16.5. The quantitative estimate of drug-likeness (QED) is 0.912. The molecule has 126 valence electrons. The Morgan fingerprint density at radius 3 is 2.88 bits per heavy atom. The van der Waals surface area contributed by atoms with Crippen molar-refractivity contribution in [1.29, 1.82) is 0 Å². The van der Waals surface area contributed by atoms with Crippen molar-refractivity contribution in [1.82, 2.24) is 9.88 Å². The second-order valence-corrected chi connectivity index (χ2v) is 5.98. The number of likely N-dealkylation sites (tertiary alicyclic amines) is 1. The molecule has 0 spiro atoms. The highest BCUT2D eigenvalue weighted by atomic mass is 35.5. The zero-order valence-corrected chi connectivity index (χ0v) is 13.7. The Bertz CT molecular complexity index is 711. The number of anilines is 1. The standard InChI is InChI=1S/C17H17ClFN3O2/c18-15-10-20-8-7-16(15)24-14-2-1-9-22(11-14)17(23)21-13-5-3-12(19)4-6-13/h3-8,10,14H,1-2,9,11H2,(H,21,23). The van der Waals surface area contributed by atoms with E-state index in [0.29, 0.717) is 29.5 Å². The van der Waals surface area contributed by atoms with Crippen LogP contribution in [0.3, 0.4) is 0 Å². The summed E-state index contributed by atoms with van der Waals surface area (Å²) >= 11 is 6.05. The number of aromatic nitrogens is 1. The minimum absolute atomic E-state index is 0.127. The number of rotatable bonds is 3. The molecule has 1 saturated heterocycles. The molecule has 1 aliphatic heterocycles. The number of nitrogens with zero attached hydrogens (tertiary/aromatic N) is 2. The van der Waals surface area contributed by atoms with Crippen LogP contribution in [0.2, 0.25) is 5.02 Å². The maximum Gasteiger partial charge on any atom is 0.321 e. The number of pyridine rings is 1. The fourth-order valence-corrected chi connectivity index (χ4v) is 2.76. The van der Waals surface area contributed by atoms with Crippen molar-refractivity contribution in [2.45, 2.75) is 18.9 Å². The van der Waals surface area contributed by atoms with Crippen molar-refractivity contribution in [3.8, 4) is 5.75 Å². The van der Waals surface area contributed by atoms with E-state index in [2.05, 4.69) is 10.3 Å². The Labute approximate surface area is 144 Å². The van der Waals surface area contributed by atoms with Crippen molar-refractivity contribution in [3.05, 3.63) is 53.6 Å². The molecule has 2 heterocycles. The zero-order chi connectivity index (χ0) is 16.9. The Morgan fingerprint density at radius 2 is 2.12 bits per heavy atom. The molecule has 2 amide bonds. The molecule has 1 unspecified atom stereocenters. The van der Waals surface area contributed by atoms with E-state index < -0.39 is 0 Å². The van der Waals surface area contributed by atoms with Gasteiger partial charge in [-0.05, 0) is 37.1 Å². The molecule has 1 aliphatic rings. The zero-order valence-electron chi connectivity index (χ0n) is 12.9. The molecule has 1 atom stereocenters. The van der Waals surface area contributed by atoms with Crippen LogP contribution >= 0.6 is 11.6 Å². The van der Waals surface area contributed by atoms with Crippen LogP contribution in [0.25, 0.3) is 0 Å². The van der Waals surface area contributed by atoms with E-state index >= 15 is 0 Å². The van der Waals surface area contributed by atoms with E-state index in [0.717, 1.165) is 12.8 Å². The molecular formula is C17H17ClFN3O2. The molecule has 0 bridgehead atoms. The Hall–Kier alpha value is -2.34. The fraction of sp³-hybridized carbons (Fsp3) is 0.294. The number of amides is 2. The molecule has 0 aliphatic carbocycles. The molecule has 24 heavy (non-hydrogen) atoms. The third kappa shape index (κ3) is 4.14. The van der Waals surface area contributed by atoms with Gasteiger partial charge in [-0.1, -0.05) is 11.6 Å². The molecule has 1 fully saturated rings. The molecular weight excluding hydrogens is 333 g/mol. The summed E-state index contributed by atoms with van der Waals surface area (Å²) < 4.78 is 18.8. The first-order chi connectivity index (χ1) is 11.6. The van der Waals surface area contributed by atoms with Crippen LogP contribution in [-0.4, -0.2) is 35.1 Å². The van der Waals surface area contributed by atoms with Crippen molar-refractivity contribution < 1.29 is 13.9 Å². The van der Waals surface area contributed by atoms with Gasteiger partial charge in [-0.2, -0.15) is 0 Å². The van der Waals surface area contributed by atoms with Gasteiger partial charge in [-0.25, -0.2) is 9.18 Å². The minimum atomic E-state index is -0.339. The number of carbonyl (C=O) groups excluding carboxylic acids is 1. The summed E-state index contributed by atoms with van der Waals surface area (Å²) in [4.78, 5) is 18.0. The maximum atomic E-state index is 12.9. The average molecular weight is 350 g/mol. The van der Waals surface area contributed by atoms with Crippen molar-refractivity contribution >= 4 is 23.3 Å². The lowest BCUT2D eigenvalue weighted by atomic mass is 10.1. The van der Waals surface area contributed by atoms with Crippen molar-refractivity contribution in [3.63, 3.8) is 0 Å². The van der Waals surface area contributed by atoms with E-state index in [-0.39, 0.29) is 18.0 Å².